The molecule has 120 valence electrons. The van der Waals surface area contributed by atoms with E-state index >= 15 is 0 Å². The van der Waals surface area contributed by atoms with Crippen molar-refractivity contribution in [2.24, 2.45) is 0 Å². The van der Waals surface area contributed by atoms with Crippen LogP contribution >= 0.6 is 0 Å². The van der Waals surface area contributed by atoms with Gasteiger partial charge in [-0.3, -0.25) is 0 Å². The largest absolute Gasteiger partial charge is 0.493 e. The Hall–Kier alpha value is -1.26. The second-order valence-corrected chi connectivity index (χ2v) is 5.05. The molecule has 0 aromatic heterocycles. The fourth-order valence-corrected chi connectivity index (χ4v) is 2.11. The van der Waals surface area contributed by atoms with Crippen LogP contribution in [0.15, 0.2) is 18.2 Å². The molecule has 0 aliphatic carbocycles. The molecule has 1 aromatic rings. The van der Waals surface area contributed by atoms with Crippen molar-refractivity contribution >= 4 is 0 Å². The van der Waals surface area contributed by atoms with Crippen LogP contribution in [-0.4, -0.2) is 34.0 Å². The third-order valence-corrected chi connectivity index (χ3v) is 3.38. The van der Waals surface area contributed by atoms with Gasteiger partial charge >= 0.3 is 0 Å². The molecule has 4 nitrogen and oxygen atoms in total. The van der Waals surface area contributed by atoms with Gasteiger partial charge in [0.25, 0.3) is 0 Å². The summed E-state index contributed by atoms with van der Waals surface area (Å²) >= 11 is 0. The summed E-state index contributed by atoms with van der Waals surface area (Å²) in [5.41, 5.74) is 1.16. The lowest BCUT2D eigenvalue weighted by atomic mass is 10.1. The highest BCUT2D eigenvalue weighted by Crippen LogP contribution is 2.30. The molecule has 4 heteroatoms. The number of hydrogen-bond acceptors (Lipinski definition) is 4. The molecule has 0 bridgehead atoms. The Balaban J connectivity index is 2.76. The van der Waals surface area contributed by atoms with Crippen molar-refractivity contribution in [2.45, 2.75) is 39.2 Å². The maximum absolute atomic E-state index is 5.78. The summed E-state index contributed by atoms with van der Waals surface area (Å²) < 4.78 is 16.5. The van der Waals surface area contributed by atoms with Crippen molar-refractivity contribution in [2.75, 3.05) is 34.0 Å². The molecule has 0 aliphatic heterocycles. The van der Waals surface area contributed by atoms with Crippen LogP contribution in [0, 0.1) is 0 Å². The number of rotatable bonds is 11. The van der Waals surface area contributed by atoms with Gasteiger partial charge in [0, 0.05) is 6.61 Å². The Kier molecular flexibility index (Phi) is 8.87. The highest BCUT2D eigenvalue weighted by atomic mass is 16.5. The van der Waals surface area contributed by atoms with E-state index in [1.807, 2.05) is 12.1 Å². The molecule has 0 aliphatic rings. The highest BCUT2D eigenvalue weighted by Gasteiger charge is 2.14. The summed E-state index contributed by atoms with van der Waals surface area (Å²) in [5, 5.41) is 3.53. The number of nitrogens with one attached hydrogen (secondary N) is 1. The molecular weight excluding hydrogens is 266 g/mol. The average molecular weight is 295 g/mol. The third kappa shape index (κ3) is 5.94. The molecular formula is C17H29NO3. The molecule has 1 N–H and O–H groups in total. The maximum atomic E-state index is 5.78. The third-order valence-electron chi connectivity index (χ3n) is 3.38. The molecule has 0 saturated carbocycles. The first kappa shape index (κ1) is 17.8. The first-order valence-electron chi connectivity index (χ1n) is 7.79. The van der Waals surface area contributed by atoms with Crippen LogP contribution < -0.4 is 14.8 Å². The summed E-state index contributed by atoms with van der Waals surface area (Å²) in [5.74, 6) is 1.51. The lowest BCUT2D eigenvalue weighted by Crippen LogP contribution is -2.26. The predicted molar refractivity (Wildman–Crippen MR) is 86.3 cm³/mol. The summed E-state index contributed by atoms with van der Waals surface area (Å²) in [6, 6.07) is 6.22. The van der Waals surface area contributed by atoms with E-state index in [4.69, 9.17) is 14.2 Å². The zero-order chi connectivity index (χ0) is 15.5. The molecule has 1 rings (SSSR count). The van der Waals surface area contributed by atoms with E-state index in [9.17, 15) is 0 Å². The van der Waals surface area contributed by atoms with E-state index in [1.54, 1.807) is 14.2 Å². The molecule has 0 radical (unpaired) electrons. The molecule has 0 heterocycles. The first-order chi connectivity index (χ1) is 10.3. The first-order valence-corrected chi connectivity index (χ1v) is 7.79. The van der Waals surface area contributed by atoms with Gasteiger partial charge in [-0.25, -0.2) is 0 Å². The Morgan fingerprint density at radius 3 is 2.43 bits per heavy atom. The van der Waals surface area contributed by atoms with Crippen molar-refractivity contribution in [1.29, 1.82) is 0 Å². The van der Waals surface area contributed by atoms with Gasteiger partial charge in [-0.2, -0.15) is 0 Å². The normalized spacial score (nSPS) is 12.2. The van der Waals surface area contributed by atoms with Gasteiger partial charge in [0.05, 0.1) is 26.9 Å². The monoisotopic (exact) mass is 295 g/mol. The minimum atomic E-state index is 0.182. The summed E-state index contributed by atoms with van der Waals surface area (Å²) in [4.78, 5) is 0. The van der Waals surface area contributed by atoms with E-state index in [0.29, 0.717) is 6.61 Å². The zero-order valence-corrected chi connectivity index (χ0v) is 13.8. The minimum absolute atomic E-state index is 0.182. The topological polar surface area (TPSA) is 39.7 Å². The lowest BCUT2D eigenvalue weighted by Gasteiger charge is -2.20. The van der Waals surface area contributed by atoms with Gasteiger partial charge < -0.3 is 19.5 Å². The van der Waals surface area contributed by atoms with E-state index in [0.717, 1.165) is 49.5 Å². The van der Waals surface area contributed by atoms with E-state index in [-0.39, 0.29) is 6.04 Å². The van der Waals surface area contributed by atoms with Crippen LogP contribution in [0.5, 0.6) is 11.5 Å². The van der Waals surface area contributed by atoms with Crippen molar-refractivity contribution in [3.63, 3.8) is 0 Å². The summed E-state index contributed by atoms with van der Waals surface area (Å²) in [7, 11) is 3.31. The van der Waals surface area contributed by atoms with Crippen LogP contribution in [0.4, 0.5) is 0 Å². The molecule has 1 aromatic carbocycles. The molecule has 0 spiro atoms. The Morgan fingerprint density at radius 1 is 1.05 bits per heavy atom. The number of benzene rings is 1. The van der Waals surface area contributed by atoms with Crippen LogP contribution in [0.3, 0.4) is 0 Å². The fourth-order valence-electron chi connectivity index (χ4n) is 2.11. The summed E-state index contributed by atoms with van der Waals surface area (Å²) in [6.07, 6.45) is 3.36. The van der Waals surface area contributed by atoms with E-state index < -0.39 is 0 Å². The van der Waals surface area contributed by atoms with E-state index in [1.165, 1.54) is 0 Å². The van der Waals surface area contributed by atoms with Gasteiger partial charge in [-0.05, 0) is 37.1 Å². The van der Waals surface area contributed by atoms with E-state index in [2.05, 4.69) is 25.2 Å². The average Bonchev–Trinajstić information content (AvgIpc) is 2.53. The Morgan fingerprint density at radius 2 is 1.81 bits per heavy atom. The standard InChI is InChI=1S/C17H29NO3/c1-5-7-11-21-13-15(18-10-6-2)14-8-9-16(19-3)17(12-14)20-4/h8-9,12,15,18H,5-7,10-11,13H2,1-4H3. The number of methoxy groups -OCH3 is 2. The molecule has 1 atom stereocenters. The smallest absolute Gasteiger partial charge is 0.161 e. The highest BCUT2D eigenvalue weighted by molar-refractivity contribution is 5.43. The van der Waals surface area contributed by atoms with Gasteiger partial charge in [-0.1, -0.05) is 26.3 Å². The second-order valence-electron chi connectivity index (χ2n) is 5.05. The summed E-state index contributed by atoms with van der Waals surface area (Å²) in [6.45, 7) is 6.79. The Labute approximate surface area is 128 Å². The minimum Gasteiger partial charge on any atom is -0.493 e. The van der Waals surface area contributed by atoms with Crippen LogP contribution in [0.25, 0.3) is 0 Å². The fraction of sp³-hybridized carbons (Fsp3) is 0.647. The van der Waals surface area contributed by atoms with Crippen LogP contribution in [0.2, 0.25) is 0 Å². The molecule has 0 fully saturated rings. The van der Waals surface area contributed by atoms with Crippen LogP contribution in [0.1, 0.15) is 44.7 Å². The predicted octanol–water partition coefficient (Wildman–Crippen LogP) is 3.56. The quantitative estimate of drug-likeness (QED) is 0.634. The van der Waals surface area contributed by atoms with Crippen molar-refractivity contribution < 1.29 is 14.2 Å². The number of unbranched alkanes of at least 4 members (excludes halogenated alkanes) is 1. The lowest BCUT2D eigenvalue weighted by molar-refractivity contribution is 0.109. The van der Waals surface area contributed by atoms with Gasteiger partial charge in [0.1, 0.15) is 0 Å². The van der Waals surface area contributed by atoms with Crippen LogP contribution in [-0.2, 0) is 4.74 Å². The number of ether oxygens (including phenoxy) is 3. The number of hydrogen-bond donors (Lipinski definition) is 1. The molecule has 1 unspecified atom stereocenters. The van der Waals surface area contributed by atoms with Gasteiger partial charge in [-0.15, -0.1) is 0 Å². The Bertz CT molecular complexity index is 396. The molecule has 0 saturated heterocycles. The zero-order valence-electron chi connectivity index (χ0n) is 13.8. The SMILES string of the molecule is CCCCOCC(NCCC)c1ccc(OC)c(OC)c1. The van der Waals surface area contributed by atoms with Gasteiger partial charge in [0.15, 0.2) is 11.5 Å². The second kappa shape index (κ2) is 10.5. The molecule has 0 amide bonds. The van der Waals surface area contributed by atoms with Crippen molar-refractivity contribution in [3.8, 4) is 11.5 Å². The maximum Gasteiger partial charge on any atom is 0.161 e. The van der Waals surface area contributed by atoms with Crippen molar-refractivity contribution in [3.05, 3.63) is 23.8 Å². The van der Waals surface area contributed by atoms with Crippen molar-refractivity contribution in [1.82, 2.24) is 5.32 Å². The van der Waals surface area contributed by atoms with Gasteiger partial charge in [0.2, 0.25) is 0 Å². The molecule has 21 heavy (non-hydrogen) atoms.